The zero-order valence-electron chi connectivity index (χ0n) is 15.5. The number of rotatable bonds is 4. The monoisotopic (exact) mass is 391 g/mol. The molecule has 1 aromatic heterocycles. The lowest BCUT2D eigenvalue weighted by molar-refractivity contribution is 0.0724. The molecular formula is C19H25N3O4S. The van der Waals surface area contributed by atoms with Gasteiger partial charge < -0.3 is 9.47 Å². The van der Waals surface area contributed by atoms with Gasteiger partial charge in [-0.15, -0.1) is 0 Å². The lowest BCUT2D eigenvalue weighted by Crippen LogP contribution is -2.40. The Hall–Kier alpha value is -1.90. The van der Waals surface area contributed by atoms with Gasteiger partial charge in [-0.1, -0.05) is 25.0 Å². The molecule has 2 fully saturated rings. The molecular weight excluding hydrogens is 366 g/mol. The maximum atomic E-state index is 13.3. The molecule has 0 radical (unpaired) electrons. The summed E-state index contributed by atoms with van der Waals surface area (Å²) in [6.07, 6.45) is 7.31. The summed E-state index contributed by atoms with van der Waals surface area (Å²) in [7, 11) is -2.04. The fraction of sp³-hybridized carbons (Fsp3) is 0.526. The number of sulfonamides is 1. The highest BCUT2D eigenvalue weighted by Gasteiger charge is 2.41. The predicted molar refractivity (Wildman–Crippen MR) is 101 cm³/mol. The van der Waals surface area contributed by atoms with E-state index in [4.69, 9.17) is 9.47 Å². The first-order chi connectivity index (χ1) is 13.0. The lowest BCUT2D eigenvalue weighted by Gasteiger charge is -2.30. The number of para-hydroxylation sites is 2. The largest absolute Gasteiger partial charge is 0.494 e. The van der Waals surface area contributed by atoms with Crippen LogP contribution in [0.4, 0.5) is 0 Å². The molecule has 1 saturated heterocycles. The summed E-state index contributed by atoms with van der Waals surface area (Å²) in [5.41, 5.74) is 0.662. The molecule has 1 aliphatic carbocycles. The minimum atomic E-state index is -3.63. The first kappa shape index (κ1) is 18.5. The van der Waals surface area contributed by atoms with Crippen molar-refractivity contribution in [2.24, 2.45) is 5.41 Å². The zero-order chi connectivity index (χ0) is 18.9. The van der Waals surface area contributed by atoms with E-state index >= 15 is 0 Å². The van der Waals surface area contributed by atoms with Crippen LogP contribution in [0.25, 0.3) is 5.69 Å². The number of benzene rings is 1. The maximum absolute atomic E-state index is 13.3. The number of nitrogens with zero attached hydrogens (tertiary/aromatic N) is 3. The van der Waals surface area contributed by atoms with Gasteiger partial charge in [0.15, 0.2) is 0 Å². The predicted octanol–water partition coefficient (Wildman–Crippen LogP) is 2.46. The second-order valence-electron chi connectivity index (χ2n) is 7.39. The SMILES string of the molecule is COc1ccccc1-n1cc(S(=O)(=O)N2CCOCC3(CCCC3)C2)cn1. The summed E-state index contributed by atoms with van der Waals surface area (Å²) in [5.74, 6) is 0.637. The molecule has 1 aliphatic heterocycles. The van der Waals surface area contributed by atoms with E-state index in [0.717, 1.165) is 25.7 Å². The Kier molecular flexibility index (Phi) is 4.96. The normalized spacial score (nSPS) is 20.6. The molecule has 146 valence electrons. The number of hydrogen-bond donors (Lipinski definition) is 0. The summed E-state index contributed by atoms with van der Waals surface area (Å²) < 4.78 is 40.8. The van der Waals surface area contributed by atoms with Gasteiger partial charge in [-0.3, -0.25) is 0 Å². The van der Waals surface area contributed by atoms with Crippen molar-refractivity contribution in [3.8, 4) is 11.4 Å². The van der Waals surface area contributed by atoms with Crippen molar-refractivity contribution in [1.82, 2.24) is 14.1 Å². The quantitative estimate of drug-likeness (QED) is 0.800. The lowest BCUT2D eigenvalue weighted by atomic mass is 9.87. The van der Waals surface area contributed by atoms with Crippen LogP contribution >= 0.6 is 0 Å². The topological polar surface area (TPSA) is 73.7 Å². The van der Waals surface area contributed by atoms with Crippen LogP contribution in [-0.2, 0) is 14.8 Å². The zero-order valence-corrected chi connectivity index (χ0v) is 16.3. The molecule has 2 aromatic rings. The first-order valence-electron chi connectivity index (χ1n) is 9.30. The van der Waals surface area contributed by atoms with Crippen LogP contribution in [-0.4, -0.2) is 55.9 Å². The van der Waals surface area contributed by atoms with Gasteiger partial charge in [-0.25, -0.2) is 13.1 Å². The van der Waals surface area contributed by atoms with Crippen molar-refractivity contribution in [2.45, 2.75) is 30.6 Å². The molecule has 4 rings (SSSR count). The van der Waals surface area contributed by atoms with Crippen molar-refractivity contribution in [3.05, 3.63) is 36.7 Å². The number of aromatic nitrogens is 2. The van der Waals surface area contributed by atoms with Crippen molar-refractivity contribution in [3.63, 3.8) is 0 Å². The molecule has 1 spiro atoms. The summed E-state index contributed by atoms with van der Waals surface area (Å²) in [6, 6.07) is 7.39. The highest BCUT2D eigenvalue weighted by atomic mass is 32.2. The van der Waals surface area contributed by atoms with Crippen LogP contribution in [0.5, 0.6) is 5.75 Å². The van der Waals surface area contributed by atoms with Crippen molar-refractivity contribution in [1.29, 1.82) is 0 Å². The fourth-order valence-electron chi connectivity index (χ4n) is 4.13. The highest BCUT2D eigenvalue weighted by Crippen LogP contribution is 2.41. The van der Waals surface area contributed by atoms with Crippen molar-refractivity contribution < 1.29 is 17.9 Å². The average molecular weight is 391 g/mol. The Morgan fingerprint density at radius 1 is 1.22 bits per heavy atom. The fourth-order valence-corrected chi connectivity index (χ4v) is 5.60. The molecule has 0 unspecified atom stereocenters. The standard InChI is InChI=1S/C19H25N3O4S/c1-25-18-7-3-2-6-17(18)22-13-16(12-20-22)27(23,24)21-10-11-26-15-19(14-21)8-4-5-9-19/h2-3,6-7,12-13H,4-5,8-11,14-15H2,1H3. The molecule has 1 saturated carbocycles. The molecule has 0 bridgehead atoms. The molecule has 0 amide bonds. The summed E-state index contributed by atoms with van der Waals surface area (Å²) >= 11 is 0. The second-order valence-corrected chi connectivity index (χ2v) is 9.33. The van der Waals surface area contributed by atoms with Crippen LogP contribution in [0, 0.1) is 5.41 Å². The third-order valence-electron chi connectivity index (χ3n) is 5.60. The van der Waals surface area contributed by atoms with Gasteiger partial charge in [0.1, 0.15) is 16.3 Å². The van der Waals surface area contributed by atoms with Crippen LogP contribution in [0.3, 0.4) is 0 Å². The van der Waals surface area contributed by atoms with E-state index in [-0.39, 0.29) is 10.3 Å². The molecule has 1 aromatic carbocycles. The number of hydrogen-bond acceptors (Lipinski definition) is 5. The van der Waals surface area contributed by atoms with Crippen LogP contribution in [0.15, 0.2) is 41.6 Å². The smallest absolute Gasteiger partial charge is 0.246 e. The molecule has 0 atom stereocenters. The number of methoxy groups -OCH3 is 1. The highest BCUT2D eigenvalue weighted by molar-refractivity contribution is 7.89. The Bertz CT molecular complexity index is 903. The van der Waals surface area contributed by atoms with Crippen molar-refractivity contribution >= 4 is 10.0 Å². The molecule has 7 nitrogen and oxygen atoms in total. The van der Waals surface area contributed by atoms with Gasteiger partial charge in [0.2, 0.25) is 10.0 Å². The minimum absolute atomic E-state index is 0.0395. The van der Waals surface area contributed by atoms with E-state index < -0.39 is 10.0 Å². The third-order valence-corrected chi connectivity index (χ3v) is 7.40. The van der Waals surface area contributed by atoms with E-state index in [9.17, 15) is 8.42 Å². The summed E-state index contributed by atoms with van der Waals surface area (Å²) in [4.78, 5) is 0.198. The minimum Gasteiger partial charge on any atom is -0.494 e. The van der Waals surface area contributed by atoms with Gasteiger partial charge in [0.05, 0.1) is 32.7 Å². The van der Waals surface area contributed by atoms with Crippen molar-refractivity contribution in [2.75, 3.05) is 33.4 Å². The summed E-state index contributed by atoms with van der Waals surface area (Å²) in [5, 5.41) is 4.27. The van der Waals surface area contributed by atoms with Gasteiger partial charge in [0.25, 0.3) is 0 Å². The Morgan fingerprint density at radius 2 is 2.00 bits per heavy atom. The molecule has 8 heteroatoms. The molecule has 0 N–H and O–H groups in total. The van der Waals surface area contributed by atoms with E-state index in [1.165, 1.54) is 6.20 Å². The van der Waals surface area contributed by atoms with Gasteiger partial charge in [-0.05, 0) is 25.0 Å². The Labute approximate surface area is 159 Å². The second kappa shape index (κ2) is 7.26. The van der Waals surface area contributed by atoms with E-state index in [2.05, 4.69) is 5.10 Å². The first-order valence-corrected chi connectivity index (χ1v) is 10.7. The molecule has 2 heterocycles. The van der Waals surface area contributed by atoms with Gasteiger partial charge >= 0.3 is 0 Å². The van der Waals surface area contributed by atoms with Crippen LogP contribution in [0.2, 0.25) is 0 Å². The third kappa shape index (κ3) is 3.49. The maximum Gasteiger partial charge on any atom is 0.246 e. The van der Waals surface area contributed by atoms with Gasteiger partial charge in [0, 0.05) is 18.5 Å². The van der Waals surface area contributed by atoms with E-state index in [1.807, 2.05) is 24.3 Å². The Morgan fingerprint density at radius 3 is 2.78 bits per heavy atom. The van der Waals surface area contributed by atoms with Gasteiger partial charge in [-0.2, -0.15) is 9.40 Å². The van der Waals surface area contributed by atoms with Crippen LogP contribution in [0.1, 0.15) is 25.7 Å². The number of ether oxygens (including phenoxy) is 2. The van der Waals surface area contributed by atoms with Crippen LogP contribution < -0.4 is 4.74 Å². The average Bonchev–Trinajstić information content (AvgIpc) is 3.29. The van der Waals surface area contributed by atoms with E-state index in [0.29, 0.717) is 37.7 Å². The van der Waals surface area contributed by atoms with E-state index in [1.54, 1.807) is 22.3 Å². The molecule has 27 heavy (non-hydrogen) atoms. The summed E-state index contributed by atoms with van der Waals surface area (Å²) in [6.45, 7) is 1.99. The Balaban J connectivity index is 1.63. The molecule has 2 aliphatic rings.